The molecule has 190 valence electrons. The fourth-order valence-corrected chi connectivity index (χ4v) is 5.90. The van der Waals surface area contributed by atoms with Crippen LogP contribution in [0.5, 0.6) is 17.2 Å². The van der Waals surface area contributed by atoms with Crippen LogP contribution in [0.3, 0.4) is 0 Å². The van der Waals surface area contributed by atoms with Crippen molar-refractivity contribution in [2.24, 2.45) is 16.3 Å². The Kier molecular flexibility index (Phi) is 7.69. The van der Waals surface area contributed by atoms with Gasteiger partial charge in [-0.25, -0.2) is 4.99 Å². The molecule has 36 heavy (non-hydrogen) atoms. The fourth-order valence-electron chi connectivity index (χ4n) is 4.63. The summed E-state index contributed by atoms with van der Waals surface area (Å²) in [6.45, 7) is 6.88. The van der Waals surface area contributed by atoms with E-state index in [0.29, 0.717) is 33.7 Å². The molecule has 1 N–H and O–H groups in total. The first-order chi connectivity index (χ1) is 17.2. The van der Waals surface area contributed by atoms with Crippen LogP contribution in [0.15, 0.2) is 47.5 Å². The lowest BCUT2D eigenvalue weighted by Gasteiger charge is -2.33. The number of anilines is 1. The lowest BCUT2D eigenvalue weighted by Crippen LogP contribution is -2.27. The van der Waals surface area contributed by atoms with E-state index in [1.165, 1.54) is 4.88 Å². The summed E-state index contributed by atoms with van der Waals surface area (Å²) in [4.78, 5) is 19.6. The molecule has 0 aliphatic heterocycles. The minimum Gasteiger partial charge on any atom is -0.496 e. The largest absolute Gasteiger partial charge is 0.496 e. The number of fused-ring (bicyclic) bond motifs is 1. The van der Waals surface area contributed by atoms with Gasteiger partial charge in [0.15, 0.2) is 11.5 Å². The van der Waals surface area contributed by atoms with Crippen molar-refractivity contribution in [3.8, 4) is 17.2 Å². The standard InChI is InChI=1S/C29H34N2O4S/c1-29(2,3)19-12-13-21-25(15-19)36-28(26(21)27(32)31-20-10-8-7-9-11-20)30-17-18-14-23(34-5)24(35-6)16-22(18)33-4/h7-11,14,16-17,19H,12-13,15H2,1-6H3,(H,31,32)/t19-/m0/s1. The van der Waals surface area contributed by atoms with Crippen LogP contribution in [0, 0.1) is 11.3 Å². The summed E-state index contributed by atoms with van der Waals surface area (Å²) >= 11 is 1.62. The predicted octanol–water partition coefficient (Wildman–Crippen LogP) is 6.93. The first-order valence-electron chi connectivity index (χ1n) is 12.1. The van der Waals surface area contributed by atoms with Gasteiger partial charge in [0, 0.05) is 28.4 Å². The molecular formula is C29H34N2O4S. The van der Waals surface area contributed by atoms with Gasteiger partial charge in [0.1, 0.15) is 10.8 Å². The van der Waals surface area contributed by atoms with Crippen molar-refractivity contribution in [1.29, 1.82) is 0 Å². The minimum absolute atomic E-state index is 0.126. The maximum Gasteiger partial charge on any atom is 0.259 e. The van der Waals surface area contributed by atoms with Crippen molar-refractivity contribution in [1.82, 2.24) is 0 Å². The Bertz CT molecular complexity index is 1260. The number of nitrogens with one attached hydrogen (secondary N) is 1. The van der Waals surface area contributed by atoms with E-state index in [1.807, 2.05) is 36.4 Å². The van der Waals surface area contributed by atoms with Gasteiger partial charge in [-0.3, -0.25) is 4.79 Å². The average Bonchev–Trinajstić information content (AvgIpc) is 3.24. The second-order valence-electron chi connectivity index (χ2n) is 10.0. The van der Waals surface area contributed by atoms with Gasteiger partial charge in [-0.1, -0.05) is 39.0 Å². The highest BCUT2D eigenvalue weighted by atomic mass is 32.1. The van der Waals surface area contributed by atoms with Crippen molar-refractivity contribution in [2.45, 2.75) is 40.0 Å². The number of rotatable bonds is 7. The molecule has 0 fully saturated rings. The third kappa shape index (κ3) is 5.41. The highest BCUT2D eigenvalue weighted by Gasteiger charge is 2.33. The molecule has 3 aromatic rings. The number of thiophene rings is 1. The lowest BCUT2D eigenvalue weighted by molar-refractivity contribution is 0.102. The van der Waals surface area contributed by atoms with Gasteiger partial charge in [-0.15, -0.1) is 11.3 Å². The number of hydrogen-bond acceptors (Lipinski definition) is 6. The number of para-hydroxylation sites is 1. The number of methoxy groups -OCH3 is 3. The number of aliphatic imine (C=N–C) groups is 1. The molecule has 1 aliphatic rings. The maximum absolute atomic E-state index is 13.5. The molecule has 0 saturated heterocycles. The number of nitrogens with zero attached hydrogens (tertiary/aromatic N) is 1. The maximum atomic E-state index is 13.5. The smallest absolute Gasteiger partial charge is 0.259 e. The zero-order chi connectivity index (χ0) is 25.9. The first-order valence-corrected chi connectivity index (χ1v) is 12.9. The zero-order valence-corrected chi connectivity index (χ0v) is 22.6. The Morgan fingerprint density at radius 1 is 1.03 bits per heavy atom. The van der Waals surface area contributed by atoms with Gasteiger partial charge >= 0.3 is 0 Å². The molecule has 6 nitrogen and oxygen atoms in total. The van der Waals surface area contributed by atoms with Crippen LogP contribution in [0.2, 0.25) is 0 Å². The van der Waals surface area contributed by atoms with Gasteiger partial charge in [-0.05, 0) is 54.4 Å². The average molecular weight is 507 g/mol. The predicted molar refractivity (Wildman–Crippen MR) is 147 cm³/mol. The minimum atomic E-state index is -0.126. The van der Waals surface area contributed by atoms with Crippen molar-refractivity contribution in [3.05, 3.63) is 64.0 Å². The second-order valence-corrected chi connectivity index (χ2v) is 11.1. The topological polar surface area (TPSA) is 69.1 Å². The van der Waals surface area contributed by atoms with E-state index in [4.69, 9.17) is 19.2 Å². The van der Waals surface area contributed by atoms with Crippen LogP contribution in [-0.2, 0) is 12.8 Å². The highest BCUT2D eigenvalue weighted by molar-refractivity contribution is 7.16. The van der Waals surface area contributed by atoms with Gasteiger partial charge < -0.3 is 19.5 Å². The third-order valence-electron chi connectivity index (χ3n) is 6.79. The molecule has 1 amide bonds. The molecule has 7 heteroatoms. The van der Waals surface area contributed by atoms with Gasteiger partial charge in [0.05, 0.1) is 26.9 Å². The van der Waals surface area contributed by atoms with Crippen LogP contribution in [0.25, 0.3) is 0 Å². The SMILES string of the molecule is COc1cc(OC)c(OC)cc1C=Nc1sc2c(c1C(=O)Nc1ccccc1)CC[C@H](C(C)(C)C)C2. The van der Waals surface area contributed by atoms with E-state index in [0.717, 1.165) is 36.1 Å². The summed E-state index contributed by atoms with van der Waals surface area (Å²) < 4.78 is 16.4. The van der Waals surface area contributed by atoms with Gasteiger partial charge in [0.2, 0.25) is 0 Å². The molecule has 1 heterocycles. The summed E-state index contributed by atoms with van der Waals surface area (Å²) in [5, 5.41) is 3.77. The molecule has 0 spiro atoms. The summed E-state index contributed by atoms with van der Waals surface area (Å²) in [6, 6.07) is 13.1. The Labute approximate surface area is 217 Å². The van der Waals surface area contributed by atoms with Crippen molar-refractivity contribution >= 4 is 34.1 Å². The van der Waals surface area contributed by atoms with Crippen LogP contribution in [0.4, 0.5) is 10.7 Å². The molecule has 2 aromatic carbocycles. The van der Waals surface area contributed by atoms with E-state index < -0.39 is 0 Å². The van der Waals surface area contributed by atoms with Gasteiger partial charge in [-0.2, -0.15) is 0 Å². The molecule has 0 bridgehead atoms. The fraction of sp³-hybridized carbons (Fsp3) is 0.379. The van der Waals surface area contributed by atoms with E-state index in [9.17, 15) is 4.79 Å². The van der Waals surface area contributed by atoms with Crippen LogP contribution < -0.4 is 19.5 Å². The van der Waals surface area contributed by atoms with E-state index in [2.05, 4.69) is 26.1 Å². The van der Waals surface area contributed by atoms with E-state index in [-0.39, 0.29) is 11.3 Å². The van der Waals surface area contributed by atoms with Crippen molar-refractivity contribution in [2.75, 3.05) is 26.6 Å². The Hall–Kier alpha value is -3.32. The number of hydrogen-bond donors (Lipinski definition) is 1. The Balaban J connectivity index is 1.75. The Morgan fingerprint density at radius 3 is 2.33 bits per heavy atom. The first kappa shape index (κ1) is 25.8. The number of ether oxygens (including phenoxy) is 3. The molecule has 1 aromatic heterocycles. The lowest BCUT2D eigenvalue weighted by atomic mass is 9.72. The van der Waals surface area contributed by atoms with E-state index in [1.54, 1.807) is 44.9 Å². The Morgan fingerprint density at radius 2 is 1.69 bits per heavy atom. The summed E-state index contributed by atoms with van der Waals surface area (Å²) in [7, 11) is 4.79. The van der Waals surface area contributed by atoms with Crippen LogP contribution in [0.1, 0.15) is 53.6 Å². The summed E-state index contributed by atoms with van der Waals surface area (Å²) in [6.07, 6.45) is 4.63. The molecule has 0 saturated carbocycles. The van der Waals surface area contributed by atoms with Crippen molar-refractivity contribution in [3.63, 3.8) is 0 Å². The number of carbonyl (C=O) groups is 1. The van der Waals surface area contributed by atoms with Crippen molar-refractivity contribution < 1.29 is 19.0 Å². The summed E-state index contributed by atoms with van der Waals surface area (Å²) in [5.41, 5.74) is 3.51. The highest BCUT2D eigenvalue weighted by Crippen LogP contribution is 2.45. The van der Waals surface area contributed by atoms with Crippen LogP contribution >= 0.6 is 11.3 Å². The molecular weight excluding hydrogens is 472 g/mol. The third-order valence-corrected chi connectivity index (χ3v) is 7.95. The van der Waals surface area contributed by atoms with Gasteiger partial charge in [0.25, 0.3) is 5.91 Å². The second kappa shape index (κ2) is 10.7. The molecule has 4 rings (SSSR count). The van der Waals surface area contributed by atoms with E-state index >= 15 is 0 Å². The number of amides is 1. The summed E-state index contributed by atoms with van der Waals surface area (Å²) in [5.74, 6) is 2.21. The van der Waals surface area contributed by atoms with Crippen LogP contribution in [-0.4, -0.2) is 33.5 Å². The zero-order valence-electron chi connectivity index (χ0n) is 21.8. The molecule has 1 aliphatic carbocycles. The number of carbonyl (C=O) groups excluding carboxylic acids is 1. The number of benzene rings is 2. The molecule has 1 atom stereocenters. The molecule has 0 unspecified atom stereocenters. The normalized spacial score (nSPS) is 15.4. The quantitative estimate of drug-likeness (QED) is 0.353. The monoisotopic (exact) mass is 506 g/mol. The molecule has 0 radical (unpaired) electrons.